The van der Waals surface area contributed by atoms with Crippen molar-refractivity contribution in [1.82, 2.24) is 9.97 Å². The van der Waals surface area contributed by atoms with Gasteiger partial charge in [0.25, 0.3) is 0 Å². The Kier molecular flexibility index (Phi) is 4.56. The van der Waals surface area contributed by atoms with Crippen LogP contribution in [-0.4, -0.2) is 17.1 Å². The topological polar surface area (TPSA) is 47.0 Å². The third kappa shape index (κ3) is 3.26. The SMILES string of the molecule is CCc1cnc(C)nc1N[C@@H](C)c1cccc(OC)c1. The Morgan fingerprint density at radius 1 is 1.35 bits per heavy atom. The summed E-state index contributed by atoms with van der Waals surface area (Å²) < 4.78 is 5.27. The van der Waals surface area contributed by atoms with Crippen LogP contribution >= 0.6 is 0 Å². The van der Waals surface area contributed by atoms with Gasteiger partial charge in [-0.25, -0.2) is 9.97 Å². The highest BCUT2D eigenvalue weighted by Gasteiger charge is 2.10. The molecule has 0 aliphatic carbocycles. The van der Waals surface area contributed by atoms with Gasteiger partial charge in [0, 0.05) is 11.8 Å². The molecule has 0 radical (unpaired) electrons. The Bertz CT molecular complexity index is 584. The van der Waals surface area contributed by atoms with E-state index in [4.69, 9.17) is 4.74 Å². The minimum Gasteiger partial charge on any atom is -0.497 e. The van der Waals surface area contributed by atoms with Gasteiger partial charge in [0.1, 0.15) is 17.4 Å². The molecule has 4 heteroatoms. The van der Waals surface area contributed by atoms with E-state index in [9.17, 15) is 0 Å². The van der Waals surface area contributed by atoms with Crippen molar-refractivity contribution in [3.8, 4) is 5.75 Å². The van der Waals surface area contributed by atoms with Crippen LogP contribution in [0, 0.1) is 6.92 Å². The summed E-state index contributed by atoms with van der Waals surface area (Å²) in [5.41, 5.74) is 2.30. The van der Waals surface area contributed by atoms with Gasteiger partial charge >= 0.3 is 0 Å². The van der Waals surface area contributed by atoms with Crippen molar-refractivity contribution in [1.29, 1.82) is 0 Å². The van der Waals surface area contributed by atoms with Crippen LogP contribution in [-0.2, 0) is 6.42 Å². The second-order valence-corrected chi connectivity index (χ2v) is 4.79. The Morgan fingerprint density at radius 3 is 2.85 bits per heavy atom. The Morgan fingerprint density at radius 2 is 2.15 bits per heavy atom. The van der Waals surface area contributed by atoms with Crippen LogP contribution in [0.5, 0.6) is 5.75 Å². The van der Waals surface area contributed by atoms with Crippen LogP contribution in [0.25, 0.3) is 0 Å². The fourth-order valence-electron chi connectivity index (χ4n) is 2.08. The van der Waals surface area contributed by atoms with Crippen molar-refractivity contribution in [3.63, 3.8) is 0 Å². The lowest BCUT2D eigenvalue weighted by Crippen LogP contribution is -2.11. The van der Waals surface area contributed by atoms with Crippen molar-refractivity contribution in [2.24, 2.45) is 0 Å². The summed E-state index contributed by atoms with van der Waals surface area (Å²) in [5, 5.41) is 3.46. The summed E-state index contributed by atoms with van der Waals surface area (Å²) in [5.74, 6) is 2.56. The molecule has 4 nitrogen and oxygen atoms in total. The van der Waals surface area contributed by atoms with E-state index in [-0.39, 0.29) is 6.04 Å². The van der Waals surface area contributed by atoms with Gasteiger partial charge in [0.15, 0.2) is 0 Å². The average Bonchev–Trinajstić information content (AvgIpc) is 2.47. The van der Waals surface area contributed by atoms with Gasteiger partial charge < -0.3 is 10.1 Å². The molecule has 0 aliphatic heterocycles. The van der Waals surface area contributed by atoms with Gasteiger partial charge in [-0.2, -0.15) is 0 Å². The average molecular weight is 271 g/mol. The fourth-order valence-corrected chi connectivity index (χ4v) is 2.08. The molecule has 0 unspecified atom stereocenters. The maximum atomic E-state index is 5.27. The number of methoxy groups -OCH3 is 1. The van der Waals surface area contributed by atoms with E-state index in [0.717, 1.165) is 29.4 Å². The van der Waals surface area contributed by atoms with Gasteiger partial charge in [-0.1, -0.05) is 19.1 Å². The van der Waals surface area contributed by atoms with Crippen LogP contribution in [0.2, 0.25) is 0 Å². The molecule has 0 aliphatic rings. The fraction of sp³-hybridized carbons (Fsp3) is 0.375. The molecule has 1 aromatic carbocycles. The van der Waals surface area contributed by atoms with Crippen LogP contribution in [0.4, 0.5) is 5.82 Å². The Hall–Kier alpha value is -2.10. The standard InChI is InChI=1S/C16H21N3O/c1-5-13-10-17-12(3)19-16(13)18-11(2)14-7-6-8-15(9-14)20-4/h6-11H,5H2,1-4H3,(H,17,18,19)/t11-/m0/s1. The minimum absolute atomic E-state index is 0.157. The number of hydrogen-bond donors (Lipinski definition) is 1. The summed E-state index contributed by atoms with van der Waals surface area (Å²) in [6.07, 6.45) is 2.80. The summed E-state index contributed by atoms with van der Waals surface area (Å²) in [6, 6.07) is 8.22. The van der Waals surface area contributed by atoms with Crippen LogP contribution < -0.4 is 10.1 Å². The molecule has 2 aromatic rings. The van der Waals surface area contributed by atoms with Gasteiger partial charge in [-0.05, 0) is 38.0 Å². The first-order valence-electron chi connectivity index (χ1n) is 6.87. The lowest BCUT2D eigenvalue weighted by Gasteiger charge is -2.18. The molecule has 20 heavy (non-hydrogen) atoms. The molecule has 0 fully saturated rings. The number of nitrogens with one attached hydrogen (secondary N) is 1. The highest BCUT2D eigenvalue weighted by molar-refractivity contribution is 5.46. The normalized spacial score (nSPS) is 12.0. The molecule has 1 atom stereocenters. The smallest absolute Gasteiger partial charge is 0.133 e. The molecule has 0 amide bonds. The first-order valence-corrected chi connectivity index (χ1v) is 6.87. The molecule has 0 saturated carbocycles. The number of nitrogens with zero attached hydrogens (tertiary/aromatic N) is 2. The second-order valence-electron chi connectivity index (χ2n) is 4.79. The van der Waals surface area contributed by atoms with E-state index in [1.165, 1.54) is 5.56 Å². The van der Waals surface area contributed by atoms with E-state index in [2.05, 4.69) is 35.2 Å². The zero-order valence-corrected chi connectivity index (χ0v) is 12.5. The third-order valence-corrected chi connectivity index (χ3v) is 3.31. The monoisotopic (exact) mass is 271 g/mol. The van der Waals surface area contributed by atoms with Gasteiger partial charge in [0.05, 0.1) is 13.2 Å². The van der Waals surface area contributed by atoms with Gasteiger partial charge in [-0.15, -0.1) is 0 Å². The molecule has 1 aromatic heterocycles. The molecule has 0 saturated heterocycles. The van der Waals surface area contributed by atoms with Crippen LogP contribution in [0.15, 0.2) is 30.5 Å². The number of benzene rings is 1. The first-order chi connectivity index (χ1) is 9.63. The number of rotatable bonds is 5. The number of ether oxygens (including phenoxy) is 1. The lowest BCUT2D eigenvalue weighted by molar-refractivity contribution is 0.414. The van der Waals surface area contributed by atoms with Crippen molar-refractivity contribution in [2.45, 2.75) is 33.2 Å². The lowest BCUT2D eigenvalue weighted by atomic mass is 10.1. The van der Waals surface area contributed by atoms with E-state index < -0.39 is 0 Å². The second kappa shape index (κ2) is 6.37. The predicted octanol–water partition coefficient (Wildman–Crippen LogP) is 3.53. The van der Waals surface area contributed by atoms with E-state index in [1.807, 2.05) is 31.3 Å². The van der Waals surface area contributed by atoms with E-state index in [1.54, 1.807) is 7.11 Å². The minimum atomic E-state index is 0.157. The van der Waals surface area contributed by atoms with Crippen molar-refractivity contribution < 1.29 is 4.74 Å². The Balaban J connectivity index is 2.22. The largest absolute Gasteiger partial charge is 0.497 e. The van der Waals surface area contributed by atoms with Gasteiger partial charge in [0.2, 0.25) is 0 Å². The highest BCUT2D eigenvalue weighted by Crippen LogP contribution is 2.23. The van der Waals surface area contributed by atoms with Crippen LogP contribution in [0.1, 0.15) is 36.8 Å². The summed E-state index contributed by atoms with van der Waals surface area (Å²) in [6.45, 7) is 6.13. The highest BCUT2D eigenvalue weighted by atomic mass is 16.5. The van der Waals surface area contributed by atoms with E-state index >= 15 is 0 Å². The van der Waals surface area contributed by atoms with Crippen molar-refractivity contribution in [3.05, 3.63) is 47.4 Å². The zero-order chi connectivity index (χ0) is 14.5. The molecule has 2 rings (SSSR count). The Labute approximate surface area is 120 Å². The van der Waals surface area contributed by atoms with Crippen LogP contribution in [0.3, 0.4) is 0 Å². The quantitative estimate of drug-likeness (QED) is 0.903. The molecular formula is C16H21N3O. The number of aromatic nitrogens is 2. The molecule has 0 spiro atoms. The first kappa shape index (κ1) is 14.3. The van der Waals surface area contributed by atoms with Gasteiger partial charge in [-0.3, -0.25) is 0 Å². The summed E-state index contributed by atoms with van der Waals surface area (Å²) >= 11 is 0. The predicted molar refractivity (Wildman–Crippen MR) is 81.2 cm³/mol. The van der Waals surface area contributed by atoms with E-state index in [0.29, 0.717) is 0 Å². The maximum Gasteiger partial charge on any atom is 0.133 e. The molecule has 106 valence electrons. The molecular weight excluding hydrogens is 250 g/mol. The summed E-state index contributed by atoms with van der Waals surface area (Å²) in [7, 11) is 1.68. The third-order valence-electron chi connectivity index (χ3n) is 3.31. The maximum absolute atomic E-state index is 5.27. The van der Waals surface area contributed by atoms with Crippen molar-refractivity contribution >= 4 is 5.82 Å². The molecule has 1 heterocycles. The molecule has 1 N–H and O–H groups in total. The number of aryl methyl sites for hydroxylation is 2. The number of anilines is 1. The van der Waals surface area contributed by atoms with Crippen molar-refractivity contribution in [2.75, 3.05) is 12.4 Å². The number of hydrogen-bond acceptors (Lipinski definition) is 4. The zero-order valence-electron chi connectivity index (χ0n) is 12.5. The summed E-state index contributed by atoms with van der Waals surface area (Å²) in [4.78, 5) is 8.75. The molecule has 0 bridgehead atoms.